The van der Waals surface area contributed by atoms with Crippen molar-refractivity contribution in [3.63, 3.8) is 0 Å². The van der Waals surface area contributed by atoms with E-state index in [1.165, 1.54) is 19.3 Å². The van der Waals surface area contributed by atoms with E-state index in [1.54, 1.807) is 0 Å². The average Bonchev–Trinajstić information content (AvgIpc) is 2.60. The number of halogens is 2. The summed E-state index contributed by atoms with van der Waals surface area (Å²) in [5.74, 6) is -0.0732. The molecular formula is C19H25Cl2NO2. The van der Waals surface area contributed by atoms with Crippen molar-refractivity contribution < 1.29 is 9.90 Å². The van der Waals surface area contributed by atoms with E-state index in [0.717, 1.165) is 31.4 Å². The Bertz CT molecular complexity index is 566. The van der Waals surface area contributed by atoms with Crippen molar-refractivity contribution in [2.45, 2.75) is 51.0 Å². The number of carbonyl (C=O) groups excluding carboxylic acids is 1. The minimum absolute atomic E-state index is 0.00956. The van der Waals surface area contributed by atoms with E-state index < -0.39 is 0 Å². The highest BCUT2D eigenvalue weighted by atomic mass is 35.5. The molecule has 24 heavy (non-hydrogen) atoms. The topological polar surface area (TPSA) is 40.5 Å². The molecule has 1 saturated heterocycles. The summed E-state index contributed by atoms with van der Waals surface area (Å²) in [4.78, 5) is 15.2. The van der Waals surface area contributed by atoms with Crippen LogP contribution in [-0.4, -0.2) is 35.1 Å². The lowest BCUT2D eigenvalue weighted by molar-refractivity contribution is -0.145. The van der Waals surface area contributed by atoms with Crippen LogP contribution in [0.2, 0.25) is 10.0 Å². The molecule has 1 aliphatic carbocycles. The second-order valence-corrected chi connectivity index (χ2v) is 7.88. The Morgan fingerprint density at radius 1 is 1.08 bits per heavy atom. The van der Waals surface area contributed by atoms with Crippen molar-refractivity contribution in [1.29, 1.82) is 0 Å². The molecule has 1 N–H and O–H groups in total. The third-order valence-electron chi connectivity index (χ3n) is 5.65. The van der Waals surface area contributed by atoms with Crippen molar-refractivity contribution in [3.8, 4) is 0 Å². The van der Waals surface area contributed by atoms with Gasteiger partial charge in [0.2, 0.25) is 5.91 Å². The van der Waals surface area contributed by atoms with E-state index in [1.807, 2.05) is 18.2 Å². The second-order valence-electron chi connectivity index (χ2n) is 7.07. The number of hydrogen-bond acceptors (Lipinski definition) is 2. The van der Waals surface area contributed by atoms with Crippen molar-refractivity contribution in [1.82, 2.24) is 4.90 Å². The Morgan fingerprint density at radius 3 is 2.38 bits per heavy atom. The fourth-order valence-corrected chi connectivity index (χ4v) is 4.76. The maximum atomic E-state index is 13.1. The van der Waals surface area contributed by atoms with Crippen molar-refractivity contribution >= 4 is 29.1 Å². The first-order chi connectivity index (χ1) is 11.6. The van der Waals surface area contributed by atoms with Crippen molar-refractivity contribution in [3.05, 3.63) is 33.8 Å². The van der Waals surface area contributed by atoms with Crippen molar-refractivity contribution in [2.75, 3.05) is 13.2 Å². The summed E-state index contributed by atoms with van der Waals surface area (Å²) in [6, 6.07) is 5.80. The van der Waals surface area contributed by atoms with Gasteiger partial charge in [-0.25, -0.2) is 0 Å². The van der Waals surface area contributed by atoms with Crippen LogP contribution in [0.1, 0.15) is 44.1 Å². The van der Waals surface area contributed by atoms with Crippen LogP contribution in [0, 0.1) is 11.8 Å². The van der Waals surface area contributed by atoms with E-state index in [2.05, 4.69) is 4.90 Å². The third-order valence-corrected chi connectivity index (χ3v) is 6.35. The molecule has 0 spiro atoms. The highest BCUT2D eigenvalue weighted by molar-refractivity contribution is 6.36. The number of hydrogen-bond donors (Lipinski definition) is 1. The number of aliphatic hydroxyl groups excluding tert-OH is 1. The summed E-state index contributed by atoms with van der Waals surface area (Å²) < 4.78 is 0. The van der Waals surface area contributed by atoms with Crippen molar-refractivity contribution in [2.24, 2.45) is 11.8 Å². The summed E-state index contributed by atoms with van der Waals surface area (Å²) >= 11 is 12.6. The van der Waals surface area contributed by atoms with E-state index in [-0.39, 0.29) is 24.3 Å². The zero-order valence-corrected chi connectivity index (χ0v) is 15.4. The van der Waals surface area contributed by atoms with Gasteiger partial charge in [-0.05, 0) is 49.3 Å². The fraction of sp³-hybridized carbons (Fsp3) is 0.632. The van der Waals surface area contributed by atoms with Crippen LogP contribution in [0.3, 0.4) is 0 Å². The molecule has 2 unspecified atom stereocenters. The molecule has 2 atom stereocenters. The summed E-state index contributed by atoms with van der Waals surface area (Å²) in [5, 5.41) is 11.0. The molecule has 2 fully saturated rings. The lowest BCUT2D eigenvalue weighted by Gasteiger charge is -2.43. The van der Waals surface area contributed by atoms with Gasteiger partial charge in [0.25, 0.3) is 0 Å². The number of carbonyl (C=O) groups is 1. The molecule has 2 aliphatic rings. The lowest BCUT2D eigenvalue weighted by atomic mass is 9.79. The zero-order valence-electron chi connectivity index (χ0n) is 13.9. The highest BCUT2D eigenvalue weighted by Gasteiger charge is 2.39. The van der Waals surface area contributed by atoms with Crippen LogP contribution >= 0.6 is 23.2 Å². The highest BCUT2D eigenvalue weighted by Crippen LogP contribution is 2.35. The Hall–Kier alpha value is -0.770. The Balaban J connectivity index is 1.81. The van der Waals surface area contributed by atoms with Crippen LogP contribution < -0.4 is 0 Å². The van der Waals surface area contributed by atoms with Crippen LogP contribution in [0.25, 0.3) is 0 Å². The third kappa shape index (κ3) is 3.74. The first kappa shape index (κ1) is 18.0. The summed E-state index contributed by atoms with van der Waals surface area (Å²) in [6.45, 7) is 0.804. The molecule has 1 heterocycles. The van der Waals surface area contributed by atoms with Gasteiger partial charge in [-0.3, -0.25) is 4.79 Å². The van der Waals surface area contributed by atoms with Crippen LogP contribution in [0.5, 0.6) is 0 Å². The number of rotatable bonds is 4. The van der Waals surface area contributed by atoms with Gasteiger partial charge in [0.1, 0.15) is 0 Å². The van der Waals surface area contributed by atoms with Gasteiger partial charge in [-0.1, -0.05) is 48.5 Å². The quantitative estimate of drug-likeness (QED) is 0.857. The molecule has 3 nitrogen and oxygen atoms in total. The molecule has 1 aromatic carbocycles. The zero-order chi connectivity index (χ0) is 17.1. The summed E-state index contributed by atoms with van der Waals surface area (Å²) in [6.07, 6.45) is 7.26. The maximum absolute atomic E-state index is 13.1. The molecule has 0 radical (unpaired) electrons. The monoisotopic (exact) mass is 369 g/mol. The normalized spacial score (nSPS) is 26.0. The van der Waals surface area contributed by atoms with E-state index >= 15 is 0 Å². The van der Waals surface area contributed by atoms with Crippen LogP contribution in [0.4, 0.5) is 0 Å². The number of aliphatic hydroxyl groups is 1. The number of likely N-dealkylation sites (tertiary alicyclic amines) is 1. The summed E-state index contributed by atoms with van der Waals surface area (Å²) in [7, 11) is 0. The van der Waals surface area contributed by atoms with Gasteiger partial charge in [-0.15, -0.1) is 0 Å². The van der Waals surface area contributed by atoms with Crippen LogP contribution in [-0.2, 0) is 11.2 Å². The smallest absolute Gasteiger partial charge is 0.226 e. The molecule has 0 aromatic heterocycles. The minimum atomic E-state index is -0.233. The predicted octanol–water partition coefficient (Wildman–Crippen LogP) is 4.33. The van der Waals surface area contributed by atoms with E-state index in [4.69, 9.17) is 23.2 Å². The van der Waals surface area contributed by atoms with Gasteiger partial charge in [0.15, 0.2) is 0 Å². The van der Waals surface area contributed by atoms with Gasteiger partial charge < -0.3 is 10.0 Å². The largest absolute Gasteiger partial charge is 0.396 e. The standard InChI is InChI=1S/C19H25Cl2NO2/c20-17-7-4-8-18(21)16(17)11-15-13(12-23)9-10-22(19(15)24)14-5-2-1-3-6-14/h4,7-8,13-15,23H,1-3,5-6,9-12H2. The molecule has 132 valence electrons. The number of benzene rings is 1. The molecule has 3 rings (SSSR count). The Labute approximate surface area is 153 Å². The first-order valence-electron chi connectivity index (χ1n) is 8.96. The Morgan fingerprint density at radius 2 is 1.75 bits per heavy atom. The predicted molar refractivity (Wildman–Crippen MR) is 97.4 cm³/mol. The van der Waals surface area contributed by atoms with Gasteiger partial charge in [0, 0.05) is 35.2 Å². The van der Waals surface area contributed by atoms with E-state index in [0.29, 0.717) is 22.5 Å². The molecule has 1 saturated carbocycles. The minimum Gasteiger partial charge on any atom is -0.396 e. The Kier molecular flexibility index (Phi) is 6.07. The van der Waals surface area contributed by atoms with Gasteiger partial charge >= 0.3 is 0 Å². The molecule has 1 aliphatic heterocycles. The maximum Gasteiger partial charge on any atom is 0.226 e. The SMILES string of the molecule is O=C1C(Cc2c(Cl)cccc2Cl)C(CO)CCN1C1CCCCC1. The number of amides is 1. The number of nitrogens with zero attached hydrogens (tertiary/aromatic N) is 1. The van der Waals surface area contributed by atoms with Gasteiger partial charge in [-0.2, -0.15) is 0 Å². The number of piperidine rings is 1. The lowest BCUT2D eigenvalue weighted by Crippen LogP contribution is -2.52. The molecule has 0 bridgehead atoms. The molecule has 1 aromatic rings. The summed E-state index contributed by atoms with van der Waals surface area (Å²) in [5.41, 5.74) is 0.822. The molecule has 1 amide bonds. The fourth-order valence-electron chi connectivity index (χ4n) is 4.21. The molecular weight excluding hydrogens is 345 g/mol. The average molecular weight is 370 g/mol. The van der Waals surface area contributed by atoms with E-state index in [9.17, 15) is 9.90 Å². The van der Waals surface area contributed by atoms with Crippen LogP contribution in [0.15, 0.2) is 18.2 Å². The molecule has 5 heteroatoms. The second kappa shape index (κ2) is 8.07. The van der Waals surface area contributed by atoms with Gasteiger partial charge in [0.05, 0.1) is 0 Å². The first-order valence-corrected chi connectivity index (χ1v) is 9.71.